The summed E-state index contributed by atoms with van der Waals surface area (Å²) in [6, 6.07) is 19.6. The van der Waals surface area contributed by atoms with Gasteiger partial charge in [0.2, 0.25) is 0 Å². The van der Waals surface area contributed by atoms with Gasteiger partial charge in [-0.2, -0.15) is 0 Å². The molecule has 2 aromatic carbocycles. The molecule has 0 amide bonds. The first-order chi connectivity index (χ1) is 15.0. The topological polar surface area (TPSA) is 71.1 Å². The number of hydrogen-bond donors (Lipinski definition) is 0. The van der Waals surface area contributed by atoms with E-state index < -0.39 is 18.3 Å². The summed E-state index contributed by atoms with van der Waals surface area (Å²) < 4.78 is 23.4. The van der Waals surface area contributed by atoms with Crippen molar-refractivity contribution in [2.75, 3.05) is 12.4 Å². The van der Waals surface area contributed by atoms with Crippen LogP contribution in [-0.4, -0.2) is 47.9 Å². The summed E-state index contributed by atoms with van der Waals surface area (Å²) in [6.07, 6.45) is -1.37. The normalized spacial score (nSPS) is 23.2. The van der Waals surface area contributed by atoms with Gasteiger partial charge >= 0.3 is 11.9 Å². The van der Waals surface area contributed by atoms with E-state index in [2.05, 4.69) is 0 Å². The third-order valence-electron chi connectivity index (χ3n) is 4.87. The Bertz CT molecular complexity index is 828. The second kappa shape index (κ2) is 11.9. The van der Waals surface area contributed by atoms with Crippen molar-refractivity contribution in [2.24, 2.45) is 0 Å². The van der Waals surface area contributed by atoms with Gasteiger partial charge in [-0.05, 0) is 11.1 Å². The Morgan fingerprint density at radius 3 is 1.90 bits per heavy atom. The maximum absolute atomic E-state index is 11.7. The fraction of sp³-hybridized carbons (Fsp3) is 0.417. The minimum atomic E-state index is -0.491. The Labute approximate surface area is 187 Å². The van der Waals surface area contributed by atoms with E-state index in [1.165, 1.54) is 13.8 Å². The average Bonchev–Trinajstić information content (AvgIpc) is 2.77. The van der Waals surface area contributed by atoms with Crippen molar-refractivity contribution in [1.29, 1.82) is 0 Å². The Morgan fingerprint density at radius 2 is 1.39 bits per heavy atom. The van der Waals surface area contributed by atoms with E-state index in [4.69, 9.17) is 18.9 Å². The maximum atomic E-state index is 11.7. The predicted molar refractivity (Wildman–Crippen MR) is 118 cm³/mol. The van der Waals surface area contributed by atoms with E-state index in [1.807, 2.05) is 60.7 Å². The zero-order valence-corrected chi connectivity index (χ0v) is 18.6. The van der Waals surface area contributed by atoms with Gasteiger partial charge in [0.05, 0.1) is 18.5 Å². The lowest BCUT2D eigenvalue weighted by Gasteiger charge is -2.41. The van der Waals surface area contributed by atoms with Crippen LogP contribution in [0.25, 0.3) is 0 Å². The lowest BCUT2D eigenvalue weighted by atomic mass is 10.0. The van der Waals surface area contributed by atoms with Crippen molar-refractivity contribution in [3.8, 4) is 0 Å². The first kappa shape index (κ1) is 23.3. The molecule has 6 nitrogen and oxygen atoms in total. The molecule has 166 valence electrons. The SMILES string of the molecule is CC(=O)OC[C@@H]1SC[C@@H](OC(C)=O)[C@@H](OCc2ccccc2)[C@@H]1OCc1ccccc1. The van der Waals surface area contributed by atoms with Crippen LogP contribution in [0.15, 0.2) is 60.7 Å². The van der Waals surface area contributed by atoms with Crippen LogP contribution in [-0.2, 0) is 41.8 Å². The van der Waals surface area contributed by atoms with Crippen LogP contribution in [0.3, 0.4) is 0 Å². The highest BCUT2D eigenvalue weighted by molar-refractivity contribution is 8.00. The number of benzene rings is 2. The molecule has 0 unspecified atom stereocenters. The number of ether oxygens (including phenoxy) is 4. The van der Waals surface area contributed by atoms with E-state index in [0.29, 0.717) is 19.0 Å². The summed E-state index contributed by atoms with van der Waals surface area (Å²) in [5.41, 5.74) is 2.04. The van der Waals surface area contributed by atoms with Gasteiger partial charge < -0.3 is 18.9 Å². The van der Waals surface area contributed by atoms with Gasteiger partial charge in [-0.3, -0.25) is 9.59 Å². The second-order valence-corrected chi connectivity index (χ2v) is 8.62. The number of rotatable bonds is 9. The van der Waals surface area contributed by atoms with E-state index in [0.717, 1.165) is 11.1 Å². The fourth-order valence-corrected chi connectivity index (χ4v) is 4.71. The Kier molecular flexibility index (Phi) is 8.94. The van der Waals surface area contributed by atoms with Crippen molar-refractivity contribution in [3.05, 3.63) is 71.8 Å². The summed E-state index contributed by atoms with van der Waals surface area (Å²) in [4.78, 5) is 23.1. The van der Waals surface area contributed by atoms with Crippen LogP contribution in [0, 0.1) is 0 Å². The van der Waals surface area contributed by atoms with Crippen molar-refractivity contribution >= 4 is 23.7 Å². The standard InChI is InChI=1S/C24H28O6S/c1-17(25)27-15-22-24(29-14-20-11-7-4-8-12-20)23(21(16-31-22)30-18(2)26)28-13-19-9-5-3-6-10-19/h3-12,21-24H,13-16H2,1-2H3/t21-,22+,23-,24-/m1/s1. The van der Waals surface area contributed by atoms with Crippen molar-refractivity contribution in [3.63, 3.8) is 0 Å². The second-order valence-electron chi connectivity index (χ2n) is 7.34. The third-order valence-corrected chi connectivity index (χ3v) is 6.22. The molecule has 4 atom stereocenters. The van der Waals surface area contributed by atoms with E-state index in [-0.39, 0.29) is 23.8 Å². The molecule has 1 aliphatic heterocycles. The summed E-state index contributed by atoms with van der Waals surface area (Å²) in [7, 11) is 0. The number of esters is 2. The minimum Gasteiger partial charge on any atom is -0.465 e. The van der Waals surface area contributed by atoms with Gasteiger partial charge in [0.1, 0.15) is 24.9 Å². The van der Waals surface area contributed by atoms with Crippen LogP contribution in [0.1, 0.15) is 25.0 Å². The molecule has 0 N–H and O–H groups in total. The molecule has 1 saturated heterocycles. The van der Waals surface area contributed by atoms with Gasteiger partial charge in [-0.1, -0.05) is 60.7 Å². The molecular formula is C24H28O6S. The quantitative estimate of drug-likeness (QED) is 0.545. The van der Waals surface area contributed by atoms with Gasteiger partial charge in [0.25, 0.3) is 0 Å². The Hall–Kier alpha value is -2.35. The number of hydrogen-bond acceptors (Lipinski definition) is 7. The first-order valence-corrected chi connectivity index (χ1v) is 11.3. The molecule has 0 aliphatic carbocycles. The summed E-state index contributed by atoms with van der Waals surface area (Å²) in [5, 5.41) is -0.139. The number of carbonyl (C=O) groups is 2. The highest BCUT2D eigenvalue weighted by Crippen LogP contribution is 2.33. The molecule has 0 saturated carbocycles. The molecule has 2 aromatic rings. The zero-order chi connectivity index (χ0) is 22.1. The van der Waals surface area contributed by atoms with Crippen LogP contribution in [0.2, 0.25) is 0 Å². The van der Waals surface area contributed by atoms with Gasteiger partial charge in [-0.25, -0.2) is 0 Å². The largest absolute Gasteiger partial charge is 0.465 e. The maximum Gasteiger partial charge on any atom is 0.303 e. The van der Waals surface area contributed by atoms with Crippen molar-refractivity contribution in [1.82, 2.24) is 0 Å². The van der Waals surface area contributed by atoms with E-state index in [9.17, 15) is 9.59 Å². The molecule has 7 heteroatoms. The summed E-state index contributed by atoms with van der Waals surface area (Å²) in [6.45, 7) is 3.72. The average molecular weight is 445 g/mol. The predicted octanol–water partition coefficient (Wildman–Crippen LogP) is 3.77. The van der Waals surface area contributed by atoms with Gasteiger partial charge in [-0.15, -0.1) is 11.8 Å². The van der Waals surface area contributed by atoms with Crippen molar-refractivity contribution in [2.45, 2.75) is 50.6 Å². The van der Waals surface area contributed by atoms with Crippen molar-refractivity contribution < 1.29 is 28.5 Å². The smallest absolute Gasteiger partial charge is 0.303 e. The lowest BCUT2D eigenvalue weighted by molar-refractivity contribution is -0.170. The Balaban J connectivity index is 1.79. The highest BCUT2D eigenvalue weighted by atomic mass is 32.2. The highest BCUT2D eigenvalue weighted by Gasteiger charge is 2.44. The molecule has 31 heavy (non-hydrogen) atoms. The third kappa shape index (κ3) is 7.38. The molecule has 3 rings (SSSR count). The monoisotopic (exact) mass is 444 g/mol. The number of thioether (sulfide) groups is 1. The van der Waals surface area contributed by atoms with Crippen LogP contribution < -0.4 is 0 Å². The van der Waals surface area contributed by atoms with E-state index >= 15 is 0 Å². The molecule has 0 aromatic heterocycles. The zero-order valence-electron chi connectivity index (χ0n) is 17.8. The Morgan fingerprint density at radius 1 is 0.839 bits per heavy atom. The van der Waals surface area contributed by atoms with Crippen LogP contribution in [0.5, 0.6) is 0 Å². The first-order valence-electron chi connectivity index (χ1n) is 10.3. The minimum absolute atomic E-state index is 0.139. The van der Waals surface area contributed by atoms with Crippen LogP contribution >= 0.6 is 11.8 Å². The van der Waals surface area contributed by atoms with Gasteiger partial charge in [0.15, 0.2) is 0 Å². The molecule has 1 aliphatic rings. The van der Waals surface area contributed by atoms with Gasteiger partial charge in [0, 0.05) is 19.6 Å². The van der Waals surface area contributed by atoms with E-state index in [1.54, 1.807) is 11.8 Å². The lowest BCUT2D eigenvalue weighted by Crippen LogP contribution is -2.54. The fourth-order valence-electron chi connectivity index (χ4n) is 3.43. The summed E-state index contributed by atoms with van der Waals surface area (Å²) in [5.74, 6) is -0.165. The van der Waals surface area contributed by atoms with Crippen LogP contribution in [0.4, 0.5) is 0 Å². The number of carbonyl (C=O) groups excluding carboxylic acids is 2. The molecular weight excluding hydrogens is 416 g/mol. The molecule has 0 bridgehead atoms. The molecule has 1 fully saturated rings. The molecule has 0 spiro atoms. The summed E-state index contributed by atoms with van der Waals surface area (Å²) >= 11 is 1.56. The molecule has 1 heterocycles. The molecule has 0 radical (unpaired) electrons.